The summed E-state index contributed by atoms with van der Waals surface area (Å²) in [5.41, 5.74) is 0. The molecule has 0 rings (SSSR count). The normalized spacial score (nSPS) is 10.7. The predicted molar refractivity (Wildman–Crippen MR) is 38.7 cm³/mol. The van der Waals surface area contributed by atoms with Gasteiger partial charge in [-0.25, -0.2) is 8.42 Å². The van der Waals surface area contributed by atoms with Crippen molar-refractivity contribution in [2.24, 2.45) is 0 Å². The second-order valence-corrected chi connectivity index (χ2v) is 3.47. The van der Waals surface area contributed by atoms with E-state index in [-0.39, 0.29) is 36.2 Å². The summed E-state index contributed by atoms with van der Waals surface area (Å²) in [6.07, 6.45) is 1.38. The summed E-state index contributed by atoms with van der Waals surface area (Å²) in [5.74, 6) is 0. The molecular formula is C4H8BrNaO4S. The monoisotopic (exact) mass is 254 g/mol. The van der Waals surface area contributed by atoms with Gasteiger partial charge in [0, 0.05) is 5.33 Å². The van der Waals surface area contributed by atoms with Crippen LogP contribution in [0.3, 0.4) is 0 Å². The standard InChI is InChI=1S/C4H9BrO4S.Na/c5-3-1-2-4-9-10(6,7)8;/h1-4H2,(H,6,7,8);/q;+1/p-1. The Balaban J connectivity index is 0. The topological polar surface area (TPSA) is 66.4 Å². The maximum absolute atomic E-state index is 9.80. The molecule has 7 heteroatoms. The molecule has 11 heavy (non-hydrogen) atoms. The van der Waals surface area contributed by atoms with E-state index in [1.807, 2.05) is 0 Å². The van der Waals surface area contributed by atoms with Gasteiger partial charge in [-0.05, 0) is 12.8 Å². The van der Waals surface area contributed by atoms with Crippen molar-refractivity contribution in [3.63, 3.8) is 0 Å². The van der Waals surface area contributed by atoms with Crippen molar-refractivity contribution >= 4 is 26.3 Å². The Hall–Kier alpha value is 1.35. The summed E-state index contributed by atoms with van der Waals surface area (Å²) in [5, 5.41) is 0.787. The molecule has 0 aromatic rings. The van der Waals surface area contributed by atoms with E-state index in [9.17, 15) is 13.0 Å². The van der Waals surface area contributed by atoms with Gasteiger partial charge in [0.1, 0.15) is 0 Å². The van der Waals surface area contributed by atoms with Crippen molar-refractivity contribution in [1.29, 1.82) is 0 Å². The molecule has 0 spiro atoms. The van der Waals surface area contributed by atoms with Gasteiger partial charge in [0.2, 0.25) is 10.4 Å². The molecule has 0 amide bonds. The molecule has 0 heterocycles. The van der Waals surface area contributed by atoms with E-state index in [1.54, 1.807) is 0 Å². The Morgan fingerprint density at radius 3 is 2.27 bits per heavy atom. The van der Waals surface area contributed by atoms with Crippen LogP contribution in [0, 0.1) is 0 Å². The van der Waals surface area contributed by atoms with Gasteiger partial charge in [-0.15, -0.1) is 0 Å². The minimum absolute atomic E-state index is 0. The molecule has 4 nitrogen and oxygen atoms in total. The van der Waals surface area contributed by atoms with E-state index in [0.717, 1.165) is 11.8 Å². The molecule has 0 aromatic heterocycles. The second kappa shape index (κ2) is 7.97. The third kappa shape index (κ3) is 14.2. The van der Waals surface area contributed by atoms with Crippen LogP contribution in [0.15, 0.2) is 0 Å². The average Bonchev–Trinajstić information content (AvgIpc) is 1.78. The van der Waals surface area contributed by atoms with Gasteiger partial charge >= 0.3 is 29.6 Å². The van der Waals surface area contributed by atoms with Crippen LogP contribution in [-0.2, 0) is 14.6 Å². The van der Waals surface area contributed by atoms with E-state index in [4.69, 9.17) is 0 Å². The first-order valence-electron chi connectivity index (χ1n) is 2.72. The molecule has 0 radical (unpaired) electrons. The molecule has 0 aromatic carbocycles. The van der Waals surface area contributed by atoms with E-state index in [1.165, 1.54) is 0 Å². The minimum Gasteiger partial charge on any atom is -0.726 e. The van der Waals surface area contributed by atoms with Crippen LogP contribution in [0.5, 0.6) is 0 Å². The van der Waals surface area contributed by atoms with Crippen LogP contribution in [0.4, 0.5) is 0 Å². The van der Waals surface area contributed by atoms with E-state index >= 15 is 0 Å². The van der Waals surface area contributed by atoms with Crippen LogP contribution in [0.2, 0.25) is 0 Å². The predicted octanol–water partition coefficient (Wildman–Crippen LogP) is -2.36. The van der Waals surface area contributed by atoms with Crippen molar-refractivity contribution in [3.8, 4) is 0 Å². The molecule has 0 fully saturated rings. The van der Waals surface area contributed by atoms with Crippen LogP contribution < -0.4 is 29.6 Å². The quantitative estimate of drug-likeness (QED) is 0.181. The zero-order valence-electron chi connectivity index (χ0n) is 6.25. The Morgan fingerprint density at radius 2 is 1.91 bits per heavy atom. The van der Waals surface area contributed by atoms with Gasteiger partial charge in [-0.3, -0.25) is 4.18 Å². The molecule has 0 aliphatic carbocycles. The number of halogens is 1. The van der Waals surface area contributed by atoms with Crippen molar-refractivity contribution in [2.75, 3.05) is 11.9 Å². The zero-order chi connectivity index (χ0) is 8.04. The van der Waals surface area contributed by atoms with Crippen LogP contribution in [-0.4, -0.2) is 24.9 Å². The van der Waals surface area contributed by atoms with Crippen molar-refractivity contribution < 1.29 is 46.7 Å². The average molecular weight is 255 g/mol. The van der Waals surface area contributed by atoms with Crippen molar-refractivity contribution in [3.05, 3.63) is 0 Å². The summed E-state index contributed by atoms with van der Waals surface area (Å²) in [7, 11) is -4.47. The van der Waals surface area contributed by atoms with Gasteiger partial charge in [-0.2, -0.15) is 0 Å². The summed E-state index contributed by atoms with van der Waals surface area (Å²) in [4.78, 5) is 0. The Morgan fingerprint density at radius 1 is 1.36 bits per heavy atom. The Labute approximate surface area is 97.1 Å². The van der Waals surface area contributed by atoms with Gasteiger partial charge in [-0.1, -0.05) is 15.9 Å². The first-order chi connectivity index (χ1) is 4.56. The van der Waals surface area contributed by atoms with Crippen LogP contribution in [0.1, 0.15) is 12.8 Å². The van der Waals surface area contributed by atoms with Gasteiger partial charge in [0.25, 0.3) is 0 Å². The molecule has 0 aliphatic heterocycles. The largest absolute Gasteiger partial charge is 1.00 e. The number of hydrogen-bond acceptors (Lipinski definition) is 4. The van der Waals surface area contributed by atoms with Crippen LogP contribution >= 0.6 is 15.9 Å². The number of alkyl halides is 1. The second-order valence-electron chi connectivity index (χ2n) is 1.63. The van der Waals surface area contributed by atoms with Gasteiger partial charge in [0.05, 0.1) is 6.61 Å². The fourth-order valence-electron chi connectivity index (χ4n) is 0.358. The third-order valence-corrected chi connectivity index (χ3v) is 1.77. The van der Waals surface area contributed by atoms with E-state index in [0.29, 0.717) is 6.42 Å². The molecule has 0 atom stereocenters. The smallest absolute Gasteiger partial charge is 0.726 e. The molecular weight excluding hydrogens is 247 g/mol. The van der Waals surface area contributed by atoms with E-state index < -0.39 is 10.4 Å². The zero-order valence-corrected chi connectivity index (χ0v) is 10.7. The SMILES string of the molecule is O=S(=O)([O-])OCCCCBr.[Na+]. The maximum Gasteiger partial charge on any atom is 1.00 e. The summed E-state index contributed by atoms with van der Waals surface area (Å²) < 4.78 is 33.3. The van der Waals surface area contributed by atoms with E-state index in [2.05, 4.69) is 20.1 Å². The third-order valence-electron chi connectivity index (χ3n) is 0.756. The molecule has 0 N–H and O–H groups in total. The molecule has 0 saturated carbocycles. The molecule has 0 aliphatic rings. The number of hydrogen-bond donors (Lipinski definition) is 0. The van der Waals surface area contributed by atoms with Crippen molar-refractivity contribution in [1.82, 2.24) is 0 Å². The first kappa shape index (κ1) is 14.9. The molecule has 0 unspecified atom stereocenters. The van der Waals surface area contributed by atoms with Gasteiger partial charge in [0.15, 0.2) is 0 Å². The summed E-state index contributed by atoms with van der Waals surface area (Å²) >= 11 is 3.15. The van der Waals surface area contributed by atoms with Gasteiger partial charge < -0.3 is 4.55 Å². The summed E-state index contributed by atoms with van der Waals surface area (Å²) in [6.45, 7) is -0.0164. The molecule has 0 bridgehead atoms. The van der Waals surface area contributed by atoms with Crippen LogP contribution in [0.25, 0.3) is 0 Å². The maximum atomic E-state index is 9.80. The summed E-state index contributed by atoms with van der Waals surface area (Å²) in [6, 6.07) is 0. The fourth-order valence-corrected chi connectivity index (χ4v) is 1.08. The molecule has 62 valence electrons. The van der Waals surface area contributed by atoms with Crippen molar-refractivity contribution in [2.45, 2.75) is 12.8 Å². The Kier molecular flexibility index (Phi) is 10.8. The minimum atomic E-state index is -4.47. The fraction of sp³-hybridized carbons (Fsp3) is 1.00. The Bertz CT molecular complexity index is 169. The first-order valence-corrected chi connectivity index (χ1v) is 5.18. The number of rotatable bonds is 5. The molecule has 0 saturated heterocycles. The number of unbranched alkanes of at least 4 members (excludes halogenated alkanes) is 1.